The molecule has 0 bridgehead atoms. The van der Waals surface area contributed by atoms with Crippen molar-refractivity contribution in [2.24, 2.45) is 0 Å². The van der Waals surface area contributed by atoms with Crippen molar-refractivity contribution in [3.05, 3.63) is 37.5 Å². The zero-order valence-corrected chi connectivity index (χ0v) is 8.54. The molecule has 0 N–H and O–H groups in total. The zero-order chi connectivity index (χ0) is 9.78. The van der Waals surface area contributed by atoms with Crippen LogP contribution in [0.4, 0.5) is 0 Å². The number of hydrogen-bond donors (Lipinski definition) is 0. The second kappa shape index (κ2) is 11.2. The third kappa shape index (κ3) is 11.2. The molecule has 0 spiro atoms. The molecule has 0 fully saturated rings. The van der Waals surface area contributed by atoms with Crippen molar-refractivity contribution in [2.75, 3.05) is 0 Å². The van der Waals surface area contributed by atoms with E-state index in [2.05, 4.69) is 12.7 Å². The van der Waals surface area contributed by atoms with E-state index in [0.717, 1.165) is 6.42 Å². The minimum absolute atomic E-state index is 1.16. The van der Waals surface area contributed by atoms with Crippen LogP contribution in [0.2, 0.25) is 0 Å². The standard InChI is InChI=1S/C13H21/c1-3-5-7-9-11-13-12-10-8-6-4-2/h1,3-5,7H,2,6,8-13H2. The number of unbranched alkanes of at least 4 members (excludes halogenated alkanes) is 6. The van der Waals surface area contributed by atoms with Gasteiger partial charge in [-0.3, -0.25) is 0 Å². The first-order valence-corrected chi connectivity index (χ1v) is 5.22. The van der Waals surface area contributed by atoms with E-state index in [0.29, 0.717) is 0 Å². The lowest BCUT2D eigenvalue weighted by molar-refractivity contribution is 0.622. The van der Waals surface area contributed by atoms with E-state index in [1.807, 2.05) is 12.2 Å². The molecule has 0 saturated carbocycles. The summed E-state index contributed by atoms with van der Waals surface area (Å²) in [6, 6.07) is 0. The van der Waals surface area contributed by atoms with Gasteiger partial charge in [-0.15, -0.1) is 6.58 Å². The predicted molar refractivity (Wildman–Crippen MR) is 60.5 cm³/mol. The van der Waals surface area contributed by atoms with Crippen LogP contribution in [0.15, 0.2) is 30.9 Å². The highest BCUT2D eigenvalue weighted by Crippen LogP contribution is 2.07. The summed E-state index contributed by atoms with van der Waals surface area (Å²) in [4.78, 5) is 0. The Labute approximate surface area is 83.0 Å². The quantitative estimate of drug-likeness (QED) is 0.277. The second-order valence-corrected chi connectivity index (χ2v) is 3.25. The lowest BCUT2D eigenvalue weighted by Gasteiger charge is -1.97. The van der Waals surface area contributed by atoms with Gasteiger partial charge in [0.15, 0.2) is 0 Å². The molecule has 0 heterocycles. The summed E-state index contributed by atoms with van der Waals surface area (Å²) in [7, 11) is 0. The van der Waals surface area contributed by atoms with Crippen molar-refractivity contribution in [1.82, 2.24) is 0 Å². The van der Waals surface area contributed by atoms with Gasteiger partial charge in [0.2, 0.25) is 0 Å². The Morgan fingerprint density at radius 3 is 2.15 bits per heavy atom. The Kier molecular flexibility index (Phi) is 10.5. The van der Waals surface area contributed by atoms with Gasteiger partial charge in [-0.05, 0) is 25.7 Å². The molecule has 0 rings (SSSR count). The molecule has 0 nitrogen and oxygen atoms in total. The molecule has 13 heavy (non-hydrogen) atoms. The molecule has 0 atom stereocenters. The van der Waals surface area contributed by atoms with Crippen molar-refractivity contribution < 1.29 is 0 Å². The lowest BCUT2D eigenvalue weighted by Crippen LogP contribution is -1.77. The Balaban J connectivity index is 2.95. The molecule has 73 valence electrons. The summed E-state index contributed by atoms with van der Waals surface area (Å²) in [5.41, 5.74) is 0. The van der Waals surface area contributed by atoms with Crippen LogP contribution < -0.4 is 0 Å². The average molecular weight is 177 g/mol. The smallest absolute Gasteiger partial charge is 0.0348 e. The topological polar surface area (TPSA) is 0 Å². The van der Waals surface area contributed by atoms with E-state index in [1.54, 1.807) is 6.08 Å². The Bertz CT molecular complexity index is 142. The molecule has 0 aromatic carbocycles. The Hall–Kier alpha value is -0.780. The third-order valence-electron chi connectivity index (χ3n) is 2.03. The van der Waals surface area contributed by atoms with E-state index in [4.69, 9.17) is 6.58 Å². The number of rotatable bonds is 9. The molecular formula is C13H21. The Morgan fingerprint density at radius 1 is 0.923 bits per heavy atom. The van der Waals surface area contributed by atoms with E-state index < -0.39 is 0 Å². The molecule has 1 radical (unpaired) electrons. The molecule has 0 saturated heterocycles. The van der Waals surface area contributed by atoms with Crippen LogP contribution in [0, 0.1) is 6.58 Å². The van der Waals surface area contributed by atoms with Gasteiger partial charge in [-0.2, -0.15) is 0 Å². The van der Waals surface area contributed by atoms with Gasteiger partial charge in [0, 0.05) is 0 Å². The van der Waals surface area contributed by atoms with Gasteiger partial charge in [0.05, 0.1) is 0 Å². The maximum absolute atomic E-state index is 5.20. The minimum atomic E-state index is 1.16. The summed E-state index contributed by atoms with van der Waals surface area (Å²) >= 11 is 0. The fourth-order valence-corrected chi connectivity index (χ4v) is 1.26. The molecule has 0 aliphatic heterocycles. The van der Waals surface area contributed by atoms with Crippen molar-refractivity contribution in [3.63, 3.8) is 0 Å². The fourth-order valence-electron chi connectivity index (χ4n) is 1.26. The van der Waals surface area contributed by atoms with Gasteiger partial charge in [0.1, 0.15) is 0 Å². The Morgan fingerprint density at radius 2 is 1.54 bits per heavy atom. The SMILES string of the molecule is [CH]=CC=CCCCCCCCC=C. The number of allylic oxidation sites excluding steroid dienone is 4. The molecule has 0 heteroatoms. The van der Waals surface area contributed by atoms with E-state index >= 15 is 0 Å². The van der Waals surface area contributed by atoms with Crippen LogP contribution in [0.5, 0.6) is 0 Å². The summed E-state index contributed by atoms with van der Waals surface area (Å²) < 4.78 is 0. The first-order valence-electron chi connectivity index (χ1n) is 5.22. The lowest BCUT2D eigenvalue weighted by atomic mass is 10.1. The van der Waals surface area contributed by atoms with Crippen molar-refractivity contribution >= 4 is 0 Å². The first-order chi connectivity index (χ1) is 6.41. The normalized spacial score (nSPS) is 10.5. The maximum atomic E-state index is 5.20. The molecule has 0 unspecified atom stereocenters. The summed E-state index contributed by atoms with van der Waals surface area (Å²) in [6.45, 7) is 8.91. The van der Waals surface area contributed by atoms with Crippen LogP contribution in [0.25, 0.3) is 0 Å². The number of hydrogen-bond acceptors (Lipinski definition) is 0. The maximum Gasteiger partial charge on any atom is -0.0348 e. The van der Waals surface area contributed by atoms with Gasteiger partial charge >= 0.3 is 0 Å². The first kappa shape index (κ1) is 12.2. The van der Waals surface area contributed by atoms with Crippen molar-refractivity contribution in [1.29, 1.82) is 0 Å². The zero-order valence-electron chi connectivity index (χ0n) is 8.54. The van der Waals surface area contributed by atoms with E-state index in [1.165, 1.54) is 38.5 Å². The summed E-state index contributed by atoms with van der Waals surface area (Å²) in [6.07, 6.45) is 16.6. The van der Waals surface area contributed by atoms with Gasteiger partial charge < -0.3 is 0 Å². The molecule has 0 aromatic rings. The van der Waals surface area contributed by atoms with Gasteiger partial charge in [0.25, 0.3) is 0 Å². The van der Waals surface area contributed by atoms with Crippen LogP contribution in [-0.2, 0) is 0 Å². The monoisotopic (exact) mass is 177 g/mol. The molecule has 0 aliphatic carbocycles. The van der Waals surface area contributed by atoms with Crippen LogP contribution in [0.1, 0.15) is 44.9 Å². The van der Waals surface area contributed by atoms with Gasteiger partial charge in [-0.1, -0.05) is 50.1 Å². The fraction of sp³-hybridized carbons (Fsp3) is 0.538. The molecule has 0 aromatic heterocycles. The summed E-state index contributed by atoms with van der Waals surface area (Å²) in [5.74, 6) is 0. The second-order valence-electron chi connectivity index (χ2n) is 3.25. The molecular weight excluding hydrogens is 156 g/mol. The van der Waals surface area contributed by atoms with Crippen LogP contribution in [0.3, 0.4) is 0 Å². The third-order valence-corrected chi connectivity index (χ3v) is 2.03. The molecule has 0 amide bonds. The average Bonchev–Trinajstić information content (AvgIpc) is 2.16. The largest absolute Gasteiger partial charge is 0.103 e. The van der Waals surface area contributed by atoms with Crippen molar-refractivity contribution in [2.45, 2.75) is 44.9 Å². The minimum Gasteiger partial charge on any atom is -0.103 e. The highest BCUT2D eigenvalue weighted by atomic mass is 13.9. The molecule has 0 aliphatic rings. The van der Waals surface area contributed by atoms with Crippen LogP contribution in [-0.4, -0.2) is 0 Å². The highest BCUT2D eigenvalue weighted by Gasteiger charge is 1.87. The van der Waals surface area contributed by atoms with Gasteiger partial charge in [-0.25, -0.2) is 0 Å². The van der Waals surface area contributed by atoms with E-state index in [9.17, 15) is 0 Å². The van der Waals surface area contributed by atoms with Crippen LogP contribution >= 0.6 is 0 Å². The summed E-state index contributed by atoms with van der Waals surface area (Å²) in [5, 5.41) is 0. The predicted octanol–water partition coefficient (Wildman–Crippen LogP) is 4.45. The van der Waals surface area contributed by atoms with Crippen molar-refractivity contribution in [3.8, 4) is 0 Å². The van der Waals surface area contributed by atoms with E-state index in [-0.39, 0.29) is 0 Å². The highest BCUT2D eigenvalue weighted by molar-refractivity contribution is 4.95.